The summed E-state index contributed by atoms with van der Waals surface area (Å²) in [6.07, 6.45) is 6.30. The highest BCUT2D eigenvalue weighted by Gasteiger charge is 2.41. The molecule has 4 aromatic rings. The number of anilines is 1. The molecule has 0 atom stereocenters. The molecule has 0 unspecified atom stereocenters. The van der Waals surface area contributed by atoms with E-state index in [9.17, 15) is 4.79 Å². The first-order valence-electron chi connectivity index (χ1n) is 11.0. The number of amides is 1. The van der Waals surface area contributed by atoms with Crippen LogP contribution in [-0.4, -0.2) is 53.8 Å². The van der Waals surface area contributed by atoms with Crippen molar-refractivity contribution in [2.24, 2.45) is 0 Å². The van der Waals surface area contributed by atoms with E-state index in [4.69, 9.17) is 8.85 Å². The van der Waals surface area contributed by atoms with Crippen molar-refractivity contribution >= 4 is 23.0 Å². The van der Waals surface area contributed by atoms with Gasteiger partial charge in [0.15, 0.2) is 5.65 Å². The van der Waals surface area contributed by atoms with Crippen LogP contribution in [0, 0.1) is 0 Å². The highest BCUT2D eigenvalue weighted by molar-refractivity contribution is 5.84. The summed E-state index contributed by atoms with van der Waals surface area (Å²) in [6, 6.07) is 5.75. The molecule has 0 bridgehead atoms. The molecule has 0 aliphatic heterocycles. The molecule has 1 fully saturated rings. The Labute approximate surface area is 176 Å². The van der Waals surface area contributed by atoms with Crippen LogP contribution in [0.1, 0.15) is 30.7 Å². The number of rotatable bonds is 5. The van der Waals surface area contributed by atoms with Crippen LogP contribution < -0.4 is 15.4 Å². The summed E-state index contributed by atoms with van der Waals surface area (Å²) in [6.45, 7) is -0.836. The van der Waals surface area contributed by atoms with Crippen molar-refractivity contribution in [1.29, 1.82) is 0 Å². The molecule has 4 heterocycles. The summed E-state index contributed by atoms with van der Waals surface area (Å²) in [4.78, 5) is 20.5. The number of carbonyl (C=O) groups is 1. The number of carbonyl (C=O) groups excluding carboxylic acids is 1. The molecule has 0 radical (unpaired) electrons. The number of aromatic nitrogens is 6. The molecule has 1 amide bonds. The Balaban J connectivity index is 1.36. The fourth-order valence-corrected chi connectivity index (χ4v) is 4.09. The Kier molecular flexibility index (Phi) is 3.38. The third kappa shape index (κ3) is 3.10. The molecule has 1 aliphatic rings. The minimum absolute atomic E-state index is 0.0150. The van der Waals surface area contributed by atoms with Gasteiger partial charge in [-0.15, -0.1) is 5.10 Å². The van der Waals surface area contributed by atoms with Crippen LogP contribution >= 0.6 is 0 Å². The molecular weight excluding hydrogens is 384 g/mol. The zero-order valence-electron chi connectivity index (χ0n) is 19.5. The molecule has 30 heavy (non-hydrogen) atoms. The van der Waals surface area contributed by atoms with E-state index in [1.165, 1.54) is 6.33 Å². The SMILES string of the molecule is [2H]C([2H])([2H])C(=O)NC1(C)CC(Nc2nc(OC)c3c(-c4ccc5ncnn5c4)ccn3n2)C1. The molecule has 1 aliphatic carbocycles. The zero-order chi connectivity index (χ0) is 23.4. The average Bonchev–Trinajstić information content (AvgIpc) is 3.37. The van der Waals surface area contributed by atoms with E-state index in [1.54, 1.807) is 16.1 Å². The predicted molar refractivity (Wildman–Crippen MR) is 110 cm³/mol. The van der Waals surface area contributed by atoms with Gasteiger partial charge < -0.3 is 15.4 Å². The van der Waals surface area contributed by atoms with E-state index in [0.29, 0.717) is 30.2 Å². The van der Waals surface area contributed by atoms with Crippen molar-refractivity contribution in [1.82, 2.24) is 34.5 Å². The Morgan fingerprint density at radius 3 is 3.00 bits per heavy atom. The zero-order valence-corrected chi connectivity index (χ0v) is 16.5. The largest absolute Gasteiger partial charge is 0.479 e. The summed E-state index contributed by atoms with van der Waals surface area (Å²) >= 11 is 0. The van der Waals surface area contributed by atoms with E-state index < -0.39 is 18.3 Å². The van der Waals surface area contributed by atoms with Crippen LogP contribution in [0.5, 0.6) is 5.88 Å². The second-order valence-electron chi connectivity index (χ2n) is 7.71. The monoisotopic (exact) mass is 409 g/mol. The Bertz CT molecular complexity index is 1360. The van der Waals surface area contributed by atoms with Crippen LogP contribution in [0.3, 0.4) is 0 Å². The van der Waals surface area contributed by atoms with Gasteiger partial charge in [0.05, 0.1) is 7.11 Å². The third-order valence-electron chi connectivity index (χ3n) is 5.40. The van der Waals surface area contributed by atoms with Crippen molar-refractivity contribution in [3.63, 3.8) is 0 Å². The number of nitrogens with one attached hydrogen (secondary N) is 2. The summed E-state index contributed by atoms with van der Waals surface area (Å²) in [7, 11) is 1.55. The highest BCUT2D eigenvalue weighted by atomic mass is 16.5. The van der Waals surface area contributed by atoms with Crippen LogP contribution in [0.2, 0.25) is 0 Å². The topological polar surface area (TPSA) is 111 Å². The fraction of sp³-hybridized carbons (Fsp3) is 0.350. The quantitative estimate of drug-likeness (QED) is 0.518. The summed E-state index contributed by atoms with van der Waals surface area (Å²) in [5, 5.41) is 14.6. The van der Waals surface area contributed by atoms with E-state index in [1.807, 2.05) is 37.5 Å². The van der Waals surface area contributed by atoms with Gasteiger partial charge >= 0.3 is 0 Å². The number of hydrogen-bond acceptors (Lipinski definition) is 7. The van der Waals surface area contributed by atoms with Gasteiger partial charge in [0, 0.05) is 46.1 Å². The smallest absolute Gasteiger partial charge is 0.244 e. The maximum Gasteiger partial charge on any atom is 0.244 e. The molecule has 0 saturated heterocycles. The summed E-state index contributed by atoms with van der Waals surface area (Å²) < 4.78 is 30.6. The lowest BCUT2D eigenvalue weighted by molar-refractivity contribution is -0.121. The molecule has 154 valence electrons. The van der Waals surface area contributed by atoms with Crippen LogP contribution in [0.15, 0.2) is 36.9 Å². The van der Waals surface area contributed by atoms with Gasteiger partial charge in [-0.05, 0) is 38.0 Å². The van der Waals surface area contributed by atoms with E-state index in [-0.39, 0.29) is 6.04 Å². The maximum atomic E-state index is 11.8. The van der Waals surface area contributed by atoms with Crippen molar-refractivity contribution in [2.75, 3.05) is 12.4 Å². The number of hydrogen-bond donors (Lipinski definition) is 2. The van der Waals surface area contributed by atoms with Crippen LogP contribution in [0.4, 0.5) is 5.95 Å². The van der Waals surface area contributed by atoms with E-state index in [2.05, 4.69) is 30.8 Å². The molecular formula is C20H22N8O2. The second-order valence-corrected chi connectivity index (χ2v) is 7.71. The molecule has 0 aromatic carbocycles. The standard InChI is InChI=1S/C20H22N8O2/c1-12(29)25-20(2)8-14(9-20)23-19-24-18(30-3)17-15(6-7-27(17)26-19)13-4-5-16-21-11-22-28(16)10-13/h4-7,10-11,14H,8-9H2,1-3H3,(H,23,26)(H,25,29)/i1D3. The normalized spacial score (nSPS) is 22.7. The van der Waals surface area contributed by atoms with Gasteiger partial charge in [-0.3, -0.25) is 4.79 Å². The number of nitrogens with zero attached hydrogens (tertiary/aromatic N) is 6. The minimum Gasteiger partial charge on any atom is -0.479 e. The third-order valence-corrected chi connectivity index (χ3v) is 5.40. The lowest BCUT2D eigenvalue weighted by atomic mass is 9.74. The van der Waals surface area contributed by atoms with Gasteiger partial charge in [0.2, 0.25) is 17.7 Å². The fourth-order valence-electron chi connectivity index (χ4n) is 4.09. The Morgan fingerprint density at radius 1 is 1.33 bits per heavy atom. The summed E-state index contributed by atoms with van der Waals surface area (Å²) in [5.41, 5.74) is 2.68. The minimum atomic E-state index is -2.66. The maximum absolute atomic E-state index is 11.8. The lowest BCUT2D eigenvalue weighted by Gasteiger charge is -2.45. The van der Waals surface area contributed by atoms with Crippen molar-refractivity contribution < 1.29 is 13.6 Å². The van der Waals surface area contributed by atoms with Gasteiger partial charge in [0.25, 0.3) is 0 Å². The van der Waals surface area contributed by atoms with E-state index >= 15 is 0 Å². The molecule has 4 aromatic heterocycles. The molecule has 0 spiro atoms. The number of pyridine rings is 1. The van der Waals surface area contributed by atoms with Crippen molar-refractivity contribution in [3.05, 3.63) is 36.9 Å². The Hall–Kier alpha value is -3.69. The van der Waals surface area contributed by atoms with Gasteiger partial charge in [-0.2, -0.15) is 10.1 Å². The van der Waals surface area contributed by atoms with Crippen molar-refractivity contribution in [2.45, 2.75) is 38.2 Å². The molecule has 2 N–H and O–H groups in total. The van der Waals surface area contributed by atoms with E-state index in [0.717, 1.165) is 16.8 Å². The highest BCUT2D eigenvalue weighted by Crippen LogP contribution is 2.35. The number of fused-ring (bicyclic) bond motifs is 2. The van der Waals surface area contributed by atoms with Gasteiger partial charge in [-0.1, -0.05) is 0 Å². The number of methoxy groups -OCH3 is 1. The van der Waals surface area contributed by atoms with Gasteiger partial charge in [0.1, 0.15) is 11.8 Å². The Morgan fingerprint density at radius 2 is 2.20 bits per heavy atom. The average molecular weight is 409 g/mol. The summed E-state index contributed by atoms with van der Waals surface area (Å²) in [5.74, 6) is -0.154. The first-order chi connectivity index (χ1) is 15.6. The molecule has 5 rings (SSSR count). The number of ether oxygens (including phenoxy) is 1. The second kappa shape index (κ2) is 6.68. The first kappa shape index (κ1) is 15.2. The van der Waals surface area contributed by atoms with Crippen molar-refractivity contribution in [3.8, 4) is 17.0 Å². The molecule has 10 heteroatoms. The molecule has 1 saturated carbocycles. The first-order valence-corrected chi connectivity index (χ1v) is 9.47. The van der Waals surface area contributed by atoms with Crippen LogP contribution in [-0.2, 0) is 4.79 Å². The van der Waals surface area contributed by atoms with Crippen LogP contribution in [0.25, 0.3) is 22.3 Å². The predicted octanol–water partition coefficient (Wildman–Crippen LogP) is 1.92. The molecule has 10 nitrogen and oxygen atoms in total. The van der Waals surface area contributed by atoms with Gasteiger partial charge in [-0.25, -0.2) is 14.0 Å². The lowest BCUT2D eigenvalue weighted by Crippen LogP contribution is -2.59.